The lowest BCUT2D eigenvalue weighted by molar-refractivity contribution is -0.127. The van der Waals surface area contributed by atoms with Gasteiger partial charge in [0.1, 0.15) is 11.6 Å². The van der Waals surface area contributed by atoms with Crippen molar-refractivity contribution in [1.82, 2.24) is 4.90 Å². The van der Waals surface area contributed by atoms with Gasteiger partial charge in [0.05, 0.1) is 13.2 Å². The zero-order chi connectivity index (χ0) is 16.5. The summed E-state index contributed by atoms with van der Waals surface area (Å²) in [4.78, 5) is 13.4. The van der Waals surface area contributed by atoms with Crippen molar-refractivity contribution >= 4 is 34.2 Å². The molecule has 3 N–H and O–H groups in total. The van der Waals surface area contributed by atoms with Gasteiger partial charge in [0.2, 0.25) is 0 Å². The molecule has 1 rings (SSSR count). The van der Waals surface area contributed by atoms with Gasteiger partial charge in [-0.25, -0.2) is 0 Å². The zero-order valence-electron chi connectivity index (χ0n) is 12.2. The fourth-order valence-electron chi connectivity index (χ4n) is 1.81. The molecule has 1 amide bonds. The number of carbonyl (C=O) groups is 1. The topological polar surface area (TPSA) is 96.6 Å². The number of benzene rings is 1. The minimum atomic E-state index is -0.527. The fraction of sp³-hybridized carbons (Fsp3) is 0.333. The van der Waals surface area contributed by atoms with E-state index in [2.05, 4.69) is 27.9 Å². The Hall–Kier alpha value is -1.63. The second kappa shape index (κ2) is 9.40. The molecule has 7 heteroatoms. The first-order valence-corrected chi connectivity index (χ1v) is 7.75. The van der Waals surface area contributed by atoms with Gasteiger partial charge in [-0.1, -0.05) is 0 Å². The Bertz CT molecular complexity index is 590. The summed E-state index contributed by atoms with van der Waals surface area (Å²) >= 11 is 2.21. The van der Waals surface area contributed by atoms with Gasteiger partial charge in [0, 0.05) is 28.5 Å². The predicted molar refractivity (Wildman–Crippen MR) is 92.0 cm³/mol. The van der Waals surface area contributed by atoms with E-state index in [0.717, 1.165) is 14.8 Å². The smallest absolute Gasteiger partial charge is 0.266 e. The van der Waals surface area contributed by atoms with Gasteiger partial charge in [-0.05, 0) is 53.3 Å². The number of hydrogen-bond donors (Lipinski definition) is 3. The van der Waals surface area contributed by atoms with Crippen molar-refractivity contribution in [1.29, 1.82) is 5.26 Å². The minimum absolute atomic E-state index is 0.0704. The predicted octanol–water partition coefficient (Wildman–Crippen LogP) is 1.23. The van der Waals surface area contributed by atoms with Gasteiger partial charge in [-0.2, -0.15) is 5.26 Å². The Morgan fingerprint density at radius 1 is 1.41 bits per heavy atom. The summed E-state index contributed by atoms with van der Waals surface area (Å²) in [5.41, 5.74) is 1.71. The first kappa shape index (κ1) is 18.4. The highest BCUT2D eigenvalue weighted by Gasteiger charge is 2.17. The molecule has 0 aromatic heterocycles. The van der Waals surface area contributed by atoms with E-state index in [1.165, 1.54) is 11.1 Å². The number of aliphatic hydroxyl groups excluding tert-OH is 2. The van der Waals surface area contributed by atoms with Crippen molar-refractivity contribution in [3.05, 3.63) is 39.1 Å². The number of halogens is 1. The van der Waals surface area contributed by atoms with Crippen LogP contribution < -0.4 is 5.32 Å². The summed E-state index contributed by atoms with van der Waals surface area (Å²) in [6.45, 7) is 1.61. The van der Waals surface area contributed by atoms with Crippen LogP contribution in [0.4, 0.5) is 5.69 Å². The van der Waals surface area contributed by atoms with Crippen LogP contribution in [0.1, 0.15) is 5.56 Å². The number of carbonyl (C=O) groups excluding carboxylic acids is 1. The molecule has 0 saturated carbocycles. The van der Waals surface area contributed by atoms with Crippen molar-refractivity contribution in [2.45, 2.75) is 6.92 Å². The Morgan fingerprint density at radius 2 is 2.05 bits per heavy atom. The first-order chi connectivity index (χ1) is 10.5. The zero-order valence-corrected chi connectivity index (χ0v) is 14.4. The second-order valence-corrected chi connectivity index (χ2v) is 5.76. The van der Waals surface area contributed by atoms with Gasteiger partial charge in [-0.3, -0.25) is 4.79 Å². The average molecular weight is 415 g/mol. The molecular formula is C15H18IN3O3. The molecule has 0 saturated heterocycles. The van der Waals surface area contributed by atoms with Gasteiger partial charge in [0.25, 0.3) is 5.91 Å². The SMILES string of the molecule is Cc1cc(I)ccc1N/C=C(/C#N)C(=O)N(CCO)CCO. The number of anilines is 1. The van der Waals surface area contributed by atoms with Crippen molar-refractivity contribution in [2.24, 2.45) is 0 Å². The quantitative estimate of drug-likeness (QED) is 0.354. The van der Waals surface area contributed by atoms with Crippen LogP contribution in [-0.2, 0) is 4.79 Å². The molecule has 0 aliphatic rings. The summed E-state index contributed by atoms with van der Waals surface area (Å²) in [6.07, 6.45) is 1.35. The maximum atomic E-state index is 12.2. The lowest BCUT2D eigenvalue weighted by atomic mass is 10.2. The molecular weight excluding hydrogens is 397 g/mol. The number of nitrogens with one attached hydrogen (secondary N) is 1. The Morgan fingerprint density at radius 3 is 2.55 bits per heavy atom. The molecule has 118 valence electrons. The molecule has 6 nitrogen and oxygen atoms in total. The largest absolute Gasteiger partial charge is 0.395 e. The number of amides is 1. The molecule has 0 atom stereocenters. The minimum Gasteiger partial charge on any atom is -0.395 e. The molecule has 1 aromatic carbocycles. The standard InChI is InChI=1S/C15H18IN3O3/c1-11-8-13(16)2-3-14(11)18-10-12(9-17)15(22)19(4-6-20)5-7-21/h2-3,8,10,18,20-21H,4-7H2,1H3/b12-10-. The molecule has 0 aliphatic carbocycles. The monoisotopic (exact) mass is 415 g/mol. The van der Waals surface area contributed by atoms with Crippen LogP contribution in [0, 0.1) is 21.8 Å². The summed E-state index contributed by atoms with van der Waals surface area (Å²) in [7, 11) is 0. The van der Waals surface area contributed by atoms with E-state index < -0.39 is 5.91 Å². The number of rotatable bonds is 7. The van der Waals surface area contributed by atoms with Crippen LogP contribution in [0.25, 0.3) is 0 Å². The van der Waals surface area contributed by atoms with Gasteiger partial charge < -0.3 is 20.4 Å². The third-order valence-electron chi connectivity index (χ3n) is 2.94. The number of aliphatic hydroxyl groups is 2. The summed E-state index contributed by atoms with van der Waals surface area (Å²) in [5, 5.41) is 30.0. The highest BCUT2D eigenvalue weighted by Crippen LogP contribution is 2.18. The molecule has 0 heterocycles. The summed E-state index contributed by atoms with van der Waals surface area (Å²) < 4.78 is 1.10. The third-order valence-corrected chi connectivity index (χ3v) is 3.61. The second-order valence-electron chi connectivity index (χ2n) is 4.51. The van der Waals surface area contributed by atoms with Crippen molar-refractivity contribution in [3.63, 3.8) is 0 Å². The molecule has 1 aromatic rings. The highest BCUT2D eigenvalue weighted by molar-refractivity contribution is 14.1. The molecule has 0 fully saturated rings. The number of nitrogens with zero attached hydrogens (tertiary/aromatic N) is 2. The lowest BCUT2D eigenvalue weighted by Crippen LogP contribution is -2.36. The van der Waals surface area contributed by atoms with Crippen LogP contribution in [0.15, 0.2) is 30.0 Å². The Labute approximate surface area is 143 Å². The highest BCUT2D eigenvalue weighted by atomic mass is 127. The van der Waals surface area contributed by atoms with E-state index in [9.17, 15) is 4.79 Å². The normalized spacial score (nSPS) is 11.0. The van der Waals surface area contributed by atoms with E-state index in [1.807, 2.05) is 31.2 Å². The molecule has 0 radical (unpaired) electrons. The van der Waals surface area contributed by atoms with E-state index in [1.54, 1.807) is 0 Å². The van der Waals surface area contributed by atoms with E-state index in [4.69, 9.17) is 15.5 Å². The maximum Gasteiger partial charge on any atom is 0.266 e. The van der Waals surface area contributed by atoms with Crippen LogP contribution >= 0.6 is 22.6 Å². The molecule has 0 aliphatic heterocycles. The number of hydrogen-bond acceptors (Lipinski definition) is 5. The van der Waals surface area contributed by atoms with Crippen LogP contribution in [-0.4, -0.2) is 47.3 Å². The molecule has 0 unspecified atom stereocenters. The van der Waals surface area contributed by atoms with Crippen LogP contribution in [0.3, 0.4) is 0 Å². The number of nitriles is 1. The van der Waals surface area contributed by atoms with Crippen molar-refractivity contribution < 1.29 is 15.0 Å². The van der Waals surface area contributed by atoms with E-state index >= 15 is 0 Å². The number of aryl methyl sites for hydroxylation is 1. The summed E-state index contributed by atoms with van der Waals surface area (Å²) in [6, 6.07) is 7.61. The fourth-order valence-corrected chi connectivity index (χ4v) is 2.45. The Balaban J connectivity index is 2.89. The van der Waals surface area contributed by atoms with Gasteiger partial charge >= 0.3 is 0 Å². The van der Waals surface area contributed by atoms with Gasteiger partial charge in [0.15, 0.2) is 0 Å². The lowest BCUT2D eigenvalue weighted by Gasteiger charge is -2.20. The van der Waals surface area contributed by atoms with Crippen molar-refractivity contribution in [3.8, 4) is 6.07 Å². The molecule has 0 spiro atoms. The van der Waals surface area contributed by atoms with Crippen molar-refractivity contribution in [2.75, 3.05) is 31.6 Å². The average Bonchev–Trinajstić information content (AvgIpc) is 2.49. The van der Waals surface area contributed by atoms with E-state index in [0.29, 0.717) is 0 Å². The third kappa shape index (κ3) is 5.29. The van der Waals surface area contributed by atoms with Crippen LogP contribution in [0.2, 0.25) is 0 Å². The Kier molecular flexibility index (Phi) is 7.87. The van der Waals surface area contributed by atoms with Gasteiger partial charge in [-0.15, -0.1) is 0 Å². The first-order valence-electron chi connectivity index (χ1n) is 6.67. The van der Waals surface area contributed by atoms with E-state index in [-0.39, 0.29) is 31.9 Å². The molecule has 22 heavy (non-hydrogen) atoms. The maximum absolute atomic E-state index is 12.2. The summed E-state index contributed by atoms with van der Waals surface area (Å²) in [5.74, 6) is -0.527. The molecule has 0 bridgehead atoms. The van der Waals surface area contributed by atoms with Crippen LogP contribution in [0.5, 0.6) is 0 Å².